The topological polar surface area (TPSA) is 73.2 Å². The van der Waals surface area contributed by atoms with E-state index in [1.54, 1.807) is 42.9 Å². The summed E-state index contributed by atoms with van der Waals surface area (Å²) in [6.07, 6.45) is 2.93. The van der Waals surface area contributed by atoms with Crippen molar-refractivity contribution in [3.05, 3.63) is 88.7 Å². The molecule has 1 N–H and O–H groups in total. The summed E-state index contributed by atoms with van der Waals surface area (Å²) in [6, 6.07) is 16.4. The quantitative estimate of drug-likeness (QED) is 0.543. The van der Waals surface area contributed by atoms with Crippen molar-refractivity contribution in [2.24, 2.45) is 0 Å². The minimum absolute atomic E-state index is 0.0220. The van der Waals surface area contributed by atoms with Gasteiger partial charge in [0.2, 0.25) is 0 Å². The van der Waals surface area contributed by atoms with E-state index in [0.717, 1.165) is 5.56 Å². The van der Waals surface area contributed by atoms with Crippen LogP contribution >= 0.6 is 11.6 Å². The fourth-order valence-electron chi connectivity index (χ4n) is 3.05. The molecule has 1 atom stereocenters. The molecule has 0 fully saturated rings. The van der Waals surface area contributed by atoms with Crippen LogP contribution in [0.25, 0.3) is 0 Å². The Bertz CT molecular complexity index is 1000. The lowest BCUT2D eigenvalue weighted by Gasteiger charge is -2.20. The van der Waals surface area contributed by atoms with E-state index in [2.05, 4.69) is 10.4 Å². The van der Waals surface area contributed by atoms with Crippen molar-refractivity contribution >= 4 is 23.5 Å². The molecule has 3 aromatic rings. The average Bonchev–Trinajstić information content (AvgIpc) is 3.16. The molecule has 30 heavy (non-hydrogen) atoms. The fraction of sp³-hybridized carbons (Fsp3) is 0.261. The van der Waals surface area contributed by atoms with Crippen molar-refractivity contribution < 1.29 is 14.3 Å². The smallest absolute Gasteiger partial charge is 0.308 e. The van der Waals surface area contributed by atoms with Gasteiger partial charge in [0.05, 0.1) is 36.9 Å². The van der Waals surface area contributed by atoms with Gasteiger partial charge in [0.25, 0.3) is 5.91 Å². The fourth-order valence-corrected chi connectivity index (χ4v) is 3.32. The highest BCUT2D eigenvalue weighted by Crippen LogP contribution is 2.26. The number of halogens is 1. The number of nitrogens with zero attached hydrogens (tertiary/aromatic N) is 2. The predicted molar refractivity (Wildman–Crippen MR) is 115 cm³/mol. The molecule has 0 saturated carbocycles. The van der Waals surface area contributed by atoms with Crippen molar-refractivity contribution in [2.75, 3.05) is 0 Å². The third-order valence-electron chi connectivity index (χ3n) is 4.41. The first-order chi connectivity index (χ1) is 14.4. The Morgan fingerprint density at radius 1 is 1.10 bits per heavy atom. The third kappa shape index (κ3) is 5.94. The number of aromatic nitrogens is 2. The van der Waals surface area contributed by atoms with Crippen LogP contribution in [0.15, 0.2) is 67.0 Å². The molecular formula is C23H24ClN3O3. The maximum atomic E-state index is 12.8. The number of amides is 1. The molecule has 0 spiro atoms. The van der Waals surface area contributed by atoms with Gasteiger partial charge in [-0.2, -0.15) is 5.10 Å². The number of carbonyl (C=O) groups is 2. The Labute approximate surface area is 180 Å². The summed E-state index contributed by atoms with van der Waals surface area (Å²) in [5.74, 6) is -0.744. The molecule has 3 rings (SSSR count). The number of benzene rings is 2. The molecule has 156 valence electrons. The van der Waals surface area contributed by atoms with E-state index >= 15 is 0 Å². The molecule has 7 heteroatoms. The molecule has 0 bridgehead atoms. The van der Waals surface area contributed by atoms with E-state index in [4.69, 9.17) is 16.3 Å². The number of hydrogen-bond acceptors (Lipinski definition) is 4. The Kier molecular flexibility index (Phi) is 7.25. The van der Waals surface area contributed by atoms with Gasteiger partial charge < -0.3 is 10.1 Å². The number of nitrogens with one attached hydrogen (secondary N) is 1. The SMILES string of the molecule is CC(C)OC(=O)CC(NC(=O)c1cnn(Cc2ccccc2)c1)c1ccccc1Cl. The van der Waals surface area contributed by atoms with Gasteiger partial charge in [0, 0.05) is 11.2 Å². The van der Waals surface area contributed by atoms with Gasteiger partial charge in [-0.15, -0.1) is 0 Å². The lowest BCUT2D eigenvalue weighted by atomic mass is 10.0. The van der Waals surface area contributed by atoms with Crippen LogP contribution in [0.1, 0.15) is 47.8 Å². The largest absolute Gasteiger partial charge is 0.463 e. The summed E-state index contributed by atoms with van der Waals surface area (Å²) in [5, 5.41) is 7.63. The van der Waals surface area contributed by atoms with Crippen molar-refractivity contribution in [3.63, 3.8) is 0 Å². The molecular weight excluding hydrogens is 402 g/mol. The predicted octanol–water partition coefficient (Wildman–Crippen LogP) is 4.40. The van der Waals surface area contributed by atoms with E-state index in [9.17, 15) is 9.59 Å². The zero-order valence-corrected chi connectivity index (χ0v) is 17.7. The standard InChI is InChI=1S/C23H24ClN3O3/c1-16(2)30-22(28)12-21(19-10-6-7-11-20(19)24)26-23(29)18-13-25-27(15-18)14-17-8-4-3-5-9-17/h3-11,13,15-16,21H,12,14H2,1-2H3,(H,26,29). The lowest BCUT2D eigenvalue weighted by Crippen LogP contribution is -2.31. The van der Waals surface area contributed by atoms with E-state index < -0.39 is 12.0 Å². The Morgan fingerprint density at radius 3 is 2.50 bits per heavy atom. The van der Waals surface area contributed by atoms with Crippen molar-refractivity contribution in [2.45, 2.75) is 39.0 Å². The molecule has 0 aliphatic carbocycles. The Morgan fingerprint density at radius 2 is 1.80 bits per heavy atom. The number of rotatable bonds is 8. The summed E-state index contributed by atoms with van der Waals surface area (Å²) < 4.78 is 6.95. The molecule has 0 aliphatic heterocycles. The second kappa shape index (κ2) is 10.1. The zero-order chi connectivity index (χ0) is 21.5. The lowest BCUT2D eigenvalue weighted by molar-refractivity contribution is -0.147. The van der Waals surface area contributed by atoms with Crippen LogP contribution in [0.5, 0.6) is 0 Å². The molecule has 1 unspecified atom stereocenters. The molecule has 6 nitrogen and oxygen atoms in total. The van der Waals surface area contributed by atoms with E-state index in [1.165, 1.54) is 6.20 Å². The number of hydrogen-bond donors (Lipinski definition) is 1. The summed E-state index contributed by atoms with van der Waals surface area (Å²) >= 11 is 6.31. The highest BCUT2D eigenvalue weighted by atomic mass is 35.5. The second-order valence-electron chi connectivity index (χ2n) is 7.20. The van der Waals surface area contributed by atoms with Gasteiger partial charge in [0.15, 0.2) is 0 Å². The first kappa shape index (κ1) is 21.6. The molecule has 0 saturated heterocycles. The number of esters is 1. The van der Waals surface area contributed by atoms with Gasteiger partial charge in [-0.05, 0) is 31.0 Å². The molecule has 0 aliphatic rings. The first-order valence-corrected chi connectivity index (χ1v) is 10.1. The molecule has 1 heterocycles. The molecule has 1 amide bonds. The van der Waals surface area contributed by atoms with Gasteiger partial charge in [-0.3, -0.25) is 14.3 Å². The average molecular weight is 426 g/mol. The van der Waals surface area contributed by atoms with Crippen LogP contribution in [-0.2, 0) is 16.1 Å². The minimum Gasteiger partial charge on any atom is -0.463 e. The maximum Gasteiger partial charge on any atom is 0.308 e. The van der Waals surface area contributed by atoms with Crippen LogP contribution < -0.4 is 5.32 Å². The highest BCUT2D eigenvalue weighted by Gasteiger charge is 2.23. The van der Waals surface area contributed by atoms with Crippen LogP contribution in [0.4, 0.5) is 0 Å². The van der Waals surface area contributed by atoms with Crippen LogP contribution in [0.3, 0.4) is 0 Å². The van der Waals surface area contributed by atoms with Gasteiger partial charge in [-0.1, -0.05) is 60.1 Å². The van der Waals surface area contributed by atoms with E-state index in [1.807, 2.05) is 36.4 Å². The van der Waals surface area contributed by atoms with Crippen molar-refractivity contribution in [1.29, 1.82) is 0 Å². The Hall–Kier alpha value is -3.12. The van der Waals surface area contributed by atoms with Gasteiger partial charge in [-0.25, -0.2) is 0 Å². The first-order valence-electron chi connectivity index (χ1n) is 9.73. The summed E-state index contributed by atoms with van der Waals surface area (Å²) in [4.78, 5) is 25.1. The van der Waals surface area contributed by atoms with Gasteiger partial charge >= 0.3 is 5.97 Å². The monoisotopic (exact) mass is 425 g/mol. The van der Waals surface area contributed by atoms with Crippen molar-refractivity contribution in [3.8, 4) is 0 Å². The second-order valence-corrected chi connectivity index (χ2v) is 7.61. The van der Waals surface area contributed by atoms with Crippen LogP contribution in [0, 0.1) is 0 Å². The van der Waals surface area contributed by atoms with E-state index in [-0.39, 0.29) is 18.4 Å². The Balaban J connectivity index is 1.74. The normalized spacial score (nSPS) is 11.9. The number of carbonyl (C=O) groups excluding carboxylic acids is 2. The van der Waals surface area contributed by atoms with Gasteiger partial charge in [0.1, 0.15) is 0 Å². The van der Waals surface area contributed by atoms with Crippen LogP contribution in [-0.4, -0.2) is 27.8 Å². The van der Waals surface area contributed by atoms with E-state index in [0.29, 0.717) is 22.7 Å². The summed E-state index contributed by atoms with van der Waals surface area (Å²) in [7, 11) is 0. The summed E-state index contributed by atoms with van der Waals surface area (Å²) in [6.45, 7) is 4.12. The molecule has 2 aromatic carbocycles. The summed E-state index contributed by atoms with van der Waals surface area (Å²) in [5.41, 5.74) is 2.14. The molecule has 0 radical (unpaired) electrons. The van der Waals surface area contributed by atoms with Crippen molar-refractivity contribution in [1.82, 2.24) is 15.1 Å². The minimum atomic E-state index is -0.616. The van der Waals surface area contributed by atoms with Crippen LogP contribution in [0.2, 0.25) is 5.02 Å². The number of ether oxygens (including phenoxy) is 1. The maximum absolute atomic E-state index is 12.8. The molecule has 1 aromatic heterocycles. The third-order valence-corrected chi connectivity index (χ3v) is 4.75. The highest BCUT2D eigenvalue weighted by molar-refractivity contribution is 6.31. The zero-order valence-electron chi connectivity index (χ0n) is 16.9.